The van der Waals surface area contributed by atoms with Gasteiger partial charge in [-0.05, 0) is 18.2 Å². The predicted molar refractivity (Wildman–Crippen MR) is 69.6 cm³/mol. The van der Waals surface area contributed by atoms with Gasteiger partial charge in [0.15, 0.2) is 5.82 Å². The molecule has 0 saturated heterocycles. The number of hydrogen-bond acceptors (Lipinski definition) is 2. The molecule has 0 unspecified atom stereocenters. The molecule has 0 amide bonds. The Balaban J connectivity index is 2.23. The average Bonchev–Trinajstić information content (AvgIpc) is 2.82. The van der Waals surface area contributed by atoms with Gasteiger partial charge in [0.05, 0.1) is 5.69 Å². The molecule has 5 heteroatoms. The monoisotopic (exact) mass is 255 g/mol. The van der Waals surface area contributed by atoms with Gasteiger partial charge >= 0.3 is 5.69 Å². The van der Waals surface area contributed by atoms with E-state index in [2.05, 4.69) is 10.2 Å². The maximum Gasteiger partial charge on any atom is 0.348 e. The number of aromatic amines is 1. The van der Waals surface area contributed by atoms with Crippen LogP contribution in [-0.2, 0) is 0 Å². The quantitative estimate of drug-likeness (QED) is 0.764. The SMILES string of the molecule is O=c1[nH]nc(-c2ccccc2)n1-c1cccc(F)c1. The molecule has 1 heterocycles. The van der Waals surface area contributed by atoms with Gasteiger partial charge < -0.3 is 0 Å². The minimum Gasteiger partial charge on any atom is -0.246 e. The summed E-state index contributed by atoms with van der Waals surface area (Å²) in [5, 5.41) is 6.38. The molecule has 0 atom stereocenters. The highest BCUT2D eigenvalue weighted by Gasteiger charge is 2.12. The lowest BCUT2D eigenvalue weighted by Crippen LogP contribution is -2.15. The van der Waals surface area contributed by atoms with Crippen molar-refractivity contribution in [3.8, 4) is 17.1 Å². The second-order valence-electron chi connectivity index (χ2n) is 4.03. The first-order chi connectivity index (χ1) is 9.25. The van der Waals surface area contributed by atoms with Crippen LogP contribution in [0, 0.1) is 5.82 Å². The Bertz CT molecular complexity index is 762. The fraction of sp³-hybridized carbons (Fsp3) is 0. The summed E-state index contributed by atoms with van der Waals surface area (Å²) in [6.45, 7) is 0. The van der Waals surface area contributed by atoms with Gasteiger partial charge in [0.2, 0.25) is 0 Å². The summed E-state index contributed by atoms with van der Waals surface area (Å²) >= 11 is 0. The van der Waals surface area contributed by atoms with Crippen LogP contribution in [0.4, 0.5) is 4.39 Å². The van der Waals surface area contributed by atoms with Gasteiger partial charge in [-0.3, -0.25) is 0 Å². The summed E-state index contributed by atoms with van der Waals surface area (Å²) in [5.74, 6) is 0.0563. The zero-order valence-electron chi connectivity index (χ0n) is 9.88. The Morgan fingerprint density at radius 2 is 1.84 bits per heavy atom. The number of aromatic nitrogens is 3. The highest BCUT2D eigenvalue weighted by atomic mass is 19.1. The van der Waals surface area contributed by atoms with Crippen LogP contribution in [0.15, 0.2) is 59.4 Å². The van der Waals surface area contributed by atoms with E-state index < -0.39 is 11.5 Å². The molecule has 0 radical (unpaired) electrons. The van der Waals surface area contributed by atoms with Crippen LogP contribution >= 0.6 is 0 Å². The molecule has 2 aromatic carbocycles. The highest BCUT2D eigenvalue weighted by Crippen LogP contribution is 2.18. The van der Waals surface area contributed by atoms with E-state index in [9.17, 15) is 9.18 Å². The van der Waals surface area contributed by atoms with E-state index in [1.807, 2.05) is 30.3 Å². The first-order valence-corrected chi connectivity index (χ1v) is 5.74. The Labute approximate surface area is 108 Å². The molecule has 0 aliphatic heterocycles. The van der Waals surface area contributed by atoms with Crippen LogP contribution in [0.2, 0.25) is 0 Å². The van der Waals surface area contributed by atoms with E-state index in [0.29, 0.717) is 11.5 Å². The van der Waals surface area contributed by atoms with Crippen molar-refractivity contribution in [2.75, 3.05) is 0 Å². The molecule has 1 aromatic heterocycles. The molecule has 0 aliphatic carbocycles. The Hall–Kier alpha value is -2.69. The van der Waals surface area contributed by atoms with E-state index in [0.717, 1.165) is 5.56 Å². The van der Waals surface area contributed by atoms with E-state index in [1.165, 1.54) is 16.7 Å². The van der Waals surface area contributed by atoms with E-state index in [-0.39, 0.29) is 0 Å². The number of nitrogens with zero attached hydrogens (tertiary/aromatic N) is 2. The standard InChI is InChI=1S/C14H10FN3O/c15-11-7-4-8-12(9-11)18-13(16-17-14(18)19)10-5-2-1-3-6-10/h1-9H,(H,17,19). The fourth-order valence-electron chi connectivity index (χ4n) is 1.93. The summed E-state index contributed by atoms with van der Waals surface area (Å²) in [5.41, 5.74) is 0.826. The largest absolute Gasteiger partial charge is 0.348 e. The maximum atomic E-state index is 13.3. The number of nitrogens with one attached hydrogen (secondary N) is 1. The van der Waals surface area contributed by atoms with Gasteiger partial charge in [0.25, 0.3) is 0 Å². The number of rotatable bonds is 2. The Morgan fingerprint density at radius 1 is 1.05 bits per heavy atom. The van der Waals surface area contributed by atoms with Gasteiger partial charge in [-0.1, -0.05) is 36.4 Å². The zero-order valence-corrected chi connectivity index (χ0v) is 9.88. The summed E-state index contributed by atoms with van der Waals surface area (Å²) in [4.78, 5) is 11.8. The Kier molecular flexibility index (Phi) is 2.72. The molecule has 0 saturated carbocycles. The third-order valence-electron chi connectivity index (χ3n) is 2.77. The number of halogens is 1. The van der Waals surface area contributed by atoms with Gasteiger partial charge in [0.1, 0.15) is 5.82 Å². The first-order valence-electron chi connectivity index (χ1n) is 5.74. The van der Waals surface area contributed by atoms with Crippen LogP contribution in [0.1, 0.15) is 0 Å². The number of benzene rings is 2. The predicted octanol–water partition coefficient (Wildman–Crippen LogP) is 2.37. The highest BCUT2D eigenvalue weighted by molar-refractivity contribution is 5.57. The van der Waals surface area contributed by atoms with E-state index in [4.69, 9.17) is 0 Å². The summed E-state index contributed by atoms with van der Waals surface area (Å²) in [6, 6.07) is 15.1. The summed E-state index contributed by atoms with van der Waals surface area (Å²) < 4.78 is 14.6. The molecule has 19 heavy (non-hydrogen) atoms. The normalized spacial score (nSPS) is 10.6. The molecular weight excluding hydrogens is 245 g/mol. The first kappa shape index (κ1) is 11.4. The van der Waals surface area contributed by atoms with Crippen molar-refractivity contribution in [1.29, 1.82) is 0 Å². The second kappa shape index (κ2) is 4.53. The minimum absolute atomic E-state index is 0.399. The molecule has 3 aromatic rings. The van der Waals surface area contributed by atoms with Crippen LogP contribution in [0.25, 0.3) is 17.1 Å². The van der Waals surface area contributed by atoms with Gasteiger partial charge in [-0.15, -0.1) is 0 Å². The Morgan fingerprint density at radius 3 is 2.58 bits per heavy atom. The van der Waals surface area contributed by atoms with Gasteiger partial charge in [-0.2, -0.15) is 5.10 Å². The molecule has 94 valence electrons. The van der Waals surface area contributed by atoms with Crippen molar-refractivity contribution in [1.82, 2.24) is 14.8 Å². The third kappa shape index (κ3) is 2.06. The smallest absolute Gasteiger partial charge is 0.246 e. The van der Waals surface area contributed by atoms with Crippen molar-refractivity contribution in [2.24, 2.45) is 0 Å². The molecule has 0 aliphatic rings. The molecule has 0 spiro atoms. The van der Waals surface area contributed by atoms with Crippen LogP contribution in [0.3, 0.4) is 0 Å². The van der Waals surface area contributed by atoms with Crippen LogP contribution in [-0.4, -0.2) is 14.8 Å². The molecular formula is C14H10FN3O. The number of H-pyrrole nitrogens is 1. The lowest BCUT2D eigenvalue weighted by molar-refractivity contribution is 0.626. The molecule has 0 bridgehead atoms. The fourth-order valence-corrected chi connectivity index (χ4v) is 1.93. The topological polar surface area (TPSA) is 50.7 Å². The minimum atomic E-state index is -0.399. The van der Waals surface area contributed by atoms with Crippen LogP contribution < -0.4 is 5.69 Å². The van der Waals surface area contributed by atoms with Crippen molar-refractivity contribution in [2.45, 2.75) is 0 Å². The average molecular weight is 255 g/mol. The van der Waals surface area contributed by atoms with Crippen molar-refractivity contribution in [3.63, 3.8) is 0 Å². The lowest BCUT2D eigenvalue weighted by atomic mass is 10.2. The van der Waals surface area contributed by atoms with E-state index in [1.54, 1.807) is 12.1 Å². The molecule has 4 nitrogen and oxygen atoms in total. The van der Waals surface area contributed by atoms with Crippen molar-refractivity contribution >= 4 is 0 Å². The molecule has 1 N–H and O–H groups in total. The lowest BCUT2D eigenvalue weighted by Gasteiger charge is -2.05. The third-order valence-corrected chi connectivity index (χ3v) is 2.77. The zero-order chi connectivity index (χ0) is 13.2. The molecule has 3 rings (SSSR count). The summed E-state index contributed by atoms with van der Waals surface area (Å²) in [6.07, 6.45) is 0. The van der Waals surface area contributed by atoms with Crippen molar-refractivity contribution < 1.29 is 4.39 Å². The van der Waals surface area contributed by atoms with Gasteiger partial charge in [-0.25, -0.2) is 18.9 Å². The molecule has 0 fully saturated rings. The number of hydrogen-bond donors (Lipinski definition) is 1. The van der Waals surface area contributed by atoms with Gasteiger partial charge in [0, 0.05) is 5.56 Å². The van der Waals surface area contributed by atoms with E-state index >= 15 is 0 Å². The van der Waals surface area contributed by atoms with Crippen molar-refractivity contribution in [3.05, 3.63) is 70.9 Å². The summed E-state index contributed by atoms with van der Waals surface area (Å²) in [7, 11) is 0. The van der Waals surface area contributed by atoms with Crippen LogP contribution in [0.5, 0.6) is 0 Å². The maximum absolute atomic E-state index is 13.3. The second-order valence-corrected chi connectivity index (χ2v) is 4.03.